The Kier molecular flexibility index (Phi) is 3.81. The van der Waals surface area contributed by atoms with Crippen molar-refractivity contribution in [3.8, 4) is 0 Å². The zero-order valence-corrected chi connectivity index (χ0v) is 9.23. The van der Waals surface area contributed by atoms with Gasteiger partial charge in [0.2, 0.25) is 0 Å². The molecule has 1 rings (SSSR count). The topological polar surface area (TPSA) is 83.5 Å². The highest BCUT2D eigenvalue weighted by atomic mass is 32.2. The minimum absolute atomic E-state index is 0.155. The predicted octanol–water partition coefficient (Wildman–Crippen LogP) is 0.777. The van der Waals surface area contributed by atoms with E-state index in [2.05, 4.69) is 4.74 Å². The van der Waals surface area contributed by atoms with Crippen molar-refractivity contribution in [3.63, 3.8) is 0 Å². The molecule has 0 aliphatic carbocycles. The number of benzene rings is 1. The van der Waals surface area contributed by atoms with Gasteiger partial charge in [0, 0.05) is 6.08 Å². The Morgan fingerprint density at radius 2 is 2.00 bits per heavy atom. The van der Waals surface area contributed by atoms with Crippen LogP contribution in [0.3, 0.4) is 0 Å². The second kappa shape index (κ2) is 4.91. The van der Waals surface area contributed by atoms with Gasteiger partial charge in [-0.05, 0) is 17.7 Å². The Hall–Kier alpha value is -1.66. The lowest BCUT2D eigenvalue weighted by Crippen LogP contribution is -2.01. The van der Waals surface area contributed by atoms with Crippen LogP contribution in [0.1, 0.15) is 5.56 Å². The molecule has 0 N–H and O–H groups in total. The lowest BCUT2D eigenvalue weighted by atomic mass is 10.2. The Morgan fingerprint density at radius 3 is 2.56 bits per heavy atom. The molecule has 6 heteroatoms. The summed E-state index contributed by atoms with van der Waals surface area (Å²) in [6, 6.07) is 5.59. The van der Waals surface area contributed by atoms with Crippen LogP contribution in [0.2, 0.25) is 0 Å². The summed E-state index contributed by atoms with van der Waals surface area (Å²) < 4.78 is 36.9. The highest BCUT2D eigenvalue weighted by molar-refractivity contribution is 7.85. The first-order chi connectivity index (χ1) is 7.45. The van der Waals surface area contributed by atoms with Crippen LogP contribution in [0.4, 0.5) is 0 Å². The largest absolute Gasteiger partial charge is 0.744 e. The fraction of sp³-hybridized carbons (Fsp3) is 0.100. The summed E-state index contributed by atoms with van der Waals surface area (Å²) in [4.78, 5) is 10.4. The number of carbonyl (C=O) groups is 1. The van der Waals surface area contributed by atoms with Crippen molar-refractivity contribution < 1.29 is 22.5 Å². The van der Waals surface area contributed by atoms with E-state index in [4.69, 9.17) is 0 Å². The Bertz CT molecular complexity index is 516. The molecule has 0 radical (unpaired) electrons. The molecule has 1 aromatic carbocycles. The molecule has 16 heavy (non-hydrogen) atoms. The molecular formula is C10H9O5S-. The maximum Gasteiger partial charge on any atom is 0.330 e. The SMILES string of the molecule is COC(=O)/C=C/c1ccccc1S(=O)(=O)[O-]. The molecule has 0 amide bonds. The summed E-state index contributed by atoms with van der Waals surface area (Å²) in [7, 11) is -3.34. The van der Waals surface area contributed by atoms with Crippen LogP contribution in [0.15, 0.2) is 35.2 Å². The van der Waals surface area contributed by atoms with Crippen molar-refractivity contribution in [2.45, 2.75) is 4.90 Å². The number of carbonyl (C=O) groups excluding carboxylic acids is 1. The predicted molar refractivity (Wildman–Crippen MR) is 55.5 cm³/mol. The molecule has 0 spiro atoms. The molecule has 0 fully saturated rings. The molecule has 0 unspecified atom stereocenters. The standard InChI is InChI=1S/C10H10O5S/c1-15-10(11)7-6-8-4-2-3-5-9(8)16(12,13)14/h2-7H,1H3,(H,12,13,14)/p-1/b7-6+. The first kappa shape index (κ1) is 12.4. The van der Waals surface area contributed by atoms with E-state index in [-0.39, 0.29) is 10.5 Å². The Balaban J connectivity index is 3.15. The highest BCUT2D eigenvalue weighted by Crippen LogP contribution is 2.16. The van der Waals surface area contributed by atoms with Crippen LogP contribution < -0.4 is 0 Å². The quantitative estimate of drug-likeness (QED) is 0.443. The maximum absolute atomic E-state index is 10.9. The van der Waals surface area contributed by atoms with Gasteiger partial charge in [0.25, 0.3) is 0 Å². The number of rotatable bonds is 3. The summed E-state index contributed by atoms with van der Waals surface area (Å²) in [5, 5.41) is 0. The van der Waals surface area contributed by atoms with Gasteiger partial charge in [0.05, 0.1) is 12.0 Å². The van der Waals surface area contributed by atoms with Gasteiger partial charge in [-0.25, -0.2) is 13.2 Å². The van der Waals surface area contributed by atoms with E-state index in [1.807, 2.05) is 0 Å². The van der Waals surface area contributed by atoms with E-state index in [0.717, 1.165) is 6.08 Å². The molecule has 1 aromatic rings. The van der Waals surface area contributed by atoms with Crippen molar-refractivity contribution in [1.29, 1.82) is 0 Å². The van der Waals surface area contributed by atoms with Gasteiger partial charge in [-0.15, -0.1) is 0 Å². The van der Waals surface area contributed by atoms with Crippen LogP contribution in [-0.2, 0) is 19.6 Å². The van der Waals surface area contributed by atoms with E-state index in [0.29, 0.717) is 0 Å². The maximum atomic E-state index is 10.9. The van der Waals surface area contributed by atoms with Gasteiger partial charge in [-0.2, -0.15) is 0 Å². The molecule has 0 saturated heterocycles. The summed E-state index contributed by atoms with van der Waals surface area (Å²) in [6.45, 7) is 0. The highest BCUT2D eigenvalue weighted by Gasteiger charge is 2.05. The summed E-state index contributed by atoms with van der Waals surface area (Å²) in [5.74, 6) is -0.627. The first-order valence-electron chi connectivity index (χ1n) is 4.26. The number of methoxy groups -OCH3 is 1. The Morgan fingerprint density at radius 1 is 1.38 bits per heavy atom. The number of hydrogen-bond acceptors (Lipinski definition) is 5. The first-order valence-corrected chi connectivity index (χ1v) is 5.67. The Labute approximate surface area is 93.1 Å². The minimum Gasteiger partial charge on any atom is -0.744 e. The number of esters is 1. The second-order valence-corrected chi connectivity index (χ2v) is 4.20. The molecule has 0 aliphatic heterocycles. The third-order valence-electron chi connectivity index (χ3n) is 1.79. The third-order valence-corrected chi connectivity index (χ3v) is 2.70. The number of ether oxygens (including phenoxy) is 1. The molecule has 86 valence electrons. The summed E-state index contributed by atoms with van der Waals surface area (Å²) in [6.07, 6.45) is 2.26. The van der Waals surface area contributed by atoms with Gasteiger partial charge < -0.3 is 9.29 Å². The lowest BCUT2D eigenvalue weighted by molar-refractivity contribution is -0.134. The van der Waals surface area contributed by atoms with Crippen molar-refractivity contribution in [2.24, 2.45) is 0 Å². The van der Waals surface area contributed by atoms with Gasteiger partial charge in [0.15, 0.2) is 0 Å². The third kappa shape index (κ3) is 3.18. The van der Waals surface area contributed by atoms with Crippen LogP contribution >= 0.6 is 0 Å². The number of hydrogen-bond donors (Lipinski definition) is 0. The summed E-state index contributed by atoms with van der Waals surface area (Å²) in [5.41, 5.74) is 0.155. The van der Waals surface area contributed by atoms with Crippen molar-refractivity contribution in [3.05, 3.63) is 35.9 Å². The van der Waals surface area contributed by atoms with Crippen LogP contribution in [0.25, 0.3) is 6.08 Å². The van der Waals surface area contributed by atoms with E-state index in [9.17, 15) is 17.8 Å². The minimum atomic E-state index is -4.54. The van der Waals surface area contributed by atoms with E-state index in [1.165, 1.54) is 31.4 Å². The molecular weight excluding hydrogens is 232 g/mol. The summed E-state index contributed by atoms with van der Waals surface area (Å²) >= 11 is 0. The van der Waals surface area contributed by atoms with E-state index in [1.54, 1.807) is 6.07 Å². The normalized spacial score (nSPS) is 11.6. The second-order valence-electron chi connectivity index (χ2n) is 2.85. The average Bonchev–Trinajstić information content (AvgIpc) is 2.25. The zero-order valence-electron chi connectivity index (χ0n) is 8.41. The fourth-order valence-corrected chi connectivity index (χ4v) is 1.74. The zero-order chi connectivity index (χ0) is 12.2. The van der Waals surface area contributed by atoms with Gasteiger partial charge >= 0.3 is 5.97 Å². The van der Waals surface area contributed by atoms with Gasteiger partial charge in [0.1, 0.15) is 10.1 Å². The van der Waals surface area contributed by atoms with Crippen LogP contribution in [0, 0.1) is 0 Å². The van der Waals surface area contributed by atoms with Gasteiger partial charge in [-0.3, -0.25) is 0 Å². The fourth-order valence-electron chi connectivity index (χ4n) is 1.07. The van der Waals surface area contributed by atoms with Crippen molar-refractivity contribution in [1.82, 2.24) is 0 Å². The van der Waals surface area contributed by atoms with Crippen LogP contribution in [-0.4, -0.2) is 26.0 Å². The molecule has 0 heterocycles. The molecule has 5 nitrogen and oxygen atoms in total. The molecule has 0 aromatic heterocycles. The van der Waals surface area contributed by atoms with Crippen molar-refractivity contribution in [2.75, 3.05) is 7.11 Å². The smallest absolute Gasteiger partial charge is 0.330 e. The average molecular weight is 241 g/mol. The monoisotopic (exact) mass is 241 g/mol. The van der Waals surface area contributed by atoms with Crippen molar-refractivity contribution >= 4 is 22.2 Å². The van der Waals surface area contributed by atoms with Crippen LogP contribution in [0.5, 0.6) is 0 Å². The van der Waals surface area contributed by atoms with E-state index < -0.39 is 16.1 Å². The molecule has 0 bridgehead atoms. The molecule has 0 atom stereocenters. The van der Waals surface area contributed by atoms with Gasteiger partial charge in [-0.1, -0.05) is 18.2 Å². The molecule has 0 aliphatic rings. The molecule has 0 saturated carbocycles. The van der Waals surface area contributed by atoms with E-state index >= 15 is 0 Å². The lowest BCUT2D eigenvalue weighted by Gasteiger charge is -2.09.